The highest BCUT2D eigenvalue weighted by Gasteiger charge is 2.35. The molecule has 1 aliphatic heterocycles. The number of fused-ring (bicyclic) bond motifs is 1. The third-order valence-electron chi connectivity index (χ3n) is 4.17. The van der Waals surface area contributed by atoms with E-state index >= 15 is 0 Å². The van der Waals surface area contributed by atoms with Gasteiger partial charge in [-0.15, -0.1) is 0 Å². The number of amides is 1. The Morgan fingerprint density at radius 2 is 1.83 bits per heavy atom. The van der Waals surface area contributed by atoms with Crippen LogP contribution in [-0.2, 0) is 0 Å². The molecule has 1 heterocycles. The Balaban J connectivity index is 1.75. The standard InChI is InChI=1S/C16H19NO/c1-12-5-4-8-13(9-12)16(18)17-10-14-6-2-3-7-15(14)11-17/h2-5,8-9,14-15H,6-7,10-11H2,1H3. The molecule has 2 aliphatic rings. The minimum absolute atomic E-state index is 0.202. The second-order valence-electron chi connectivity index (χ2n) is 5.54. The fraction of sp³-hybridized carbons (Fsp3) is 0.438. The second kappa shape index (κ2) is 4.60. The summed E-state index contributed by atoms with van der Waals surface area (Å²) in [4.78, 5) is 14.5. The summed E-state index contributed by atoms with van der Waals surface area (Å²) in [5, 5.41) is 0. The van der Waals surface area contributed by atoms with E-state index in [0.29, 0.717) is 11.8 Å². The maximum atomic E-state index is 12.4. The number of allylic oxidation sites excluding steroid dienone is 2. The molecule has 1 aliphatic carbocycles. The first kappa shape index (κ1) is 11.5. The number of carbonyl (C=O) groups excluding carboxylic acids is 1. The summed E-state index contributed by atoms with van der Waals surface area (Å²) in [5.74, 6) is 1.57. The maximum absolute atomic E-state index is 12.4. The van der Waals surface area contributed by atoms with E-state index < -0.39 is 0 Å². The van der Waals surface area contributed by atoms with Gasteiger partial charge in [0.1, 0.15) is 0 Å². The number of benzene rings is 1. The van der Waals surface area contributed by atoms with Gasteiger partial charge in [-0.05, 0) is 43.7 Å². The van der Waals surface area contributed by atoms with Gasteiger partial charge >= 0.3 is 0 Å². The number of hydrogen-bond donors (Lipinski definition) is 0. The van der Waals surface area contributed by atoms with Crippen LogP contribution in [0.3, 0.4) is 0 Å². The van der Waals surface area contributed by atoms with Crippen LogP contribution in [0.5, 0.6) is 0 Å². The number of nitrogens with zero attached hydrogens (tertiary/aromatic N) is 1. The molecule has 0 bridgehead atoms. The van der Waals surface area contributed by atoms with Gasteiger partial charge < -0.3 is 4.90 Å². The van der Waals surface area contributed by atoms with E-state index in [-0.39, 0.29) is 5.91 Å². The highest BCUT2D eigenvalue weighted by Crippen LogP contribution is 2.33. The molecule has 1 saturated heterocycles. The van der Waals surface area contributed by atoms with Crippen LogP contribution in [-0.4, -0.2) is 23.9 Å². The number of aryl methyl sites for hydroxylation is 1. The van der Waals surface area contributed by atoms with Crippen molar-refractivity contribution in [2.75, 3.05) is 13.1 Å². The first-order valence-corrected chi connectivity index (χ1v) is 6.75. The maximum Gasteiger partial charge on any atom is 0.253 e. The average Bonchev–Trinajstić information content (AvgIpc) is 2.81. The number of hydrogen-bond acceptors (Lipinski definition) is 1. The van der Waals surface area contributed by atoms with Crippen molar-refractivity contribution in [2.45, 2.75) is 19.8 Å². The SMILES string of the molecule is Cc1cccc(C(=O)N2CC3CC=CCC3C2)c1. The first-order chi connectivity index (χ1) is 8.74. The molecule has 0 saturated carbocycles. The van der Waals surface area contributed by atoms with E-state index in [1.165, 1.54) is 0 Å². The molecule has 0 radical (unpaired) electrons. The fourth-order valence-corrected chi connectivity index (χ4v) is 3.14. The average molecular weight is 241 g/mol. The molecule has 2 atom stereocenters. The zero-order valence-corrected chi connectivity index (χ0v) is 10.8. The van der Waals surface area contributed by atoms with Gasteiger partial charge in [0, 0.05) is 18.7 Å². The van der Waals surface area contributed by atoms with Crippen LogP contribution in [0.25, 0.3) is 0 Å². The molecule has 2 unspecified atom stereocenters. The molecule has 0 spiro atoms. The largest absolute Gasteiger partial charge is 0.338 e. The molecule has 1 fully saturated rings. The highest BCUT2D eigenvalue weighted by atomic mass is 16.2. The predicted octanol–water partition coefficient (Wildman–Crippen LogP) is 3.03. The smallest absolute Gasteiger partial charge is 0.253 e. The summed E-state index contributed by atoms with van der Waals surface area (Å²) >= 11 is 0. The molecular weight excluding hydrogens is 222 g/mol. The predicted molar refractivity (Wildman–Crippen MR) is 72.4 cm³/mol. The minimum Gasteiger partial charge on any atom is -0.338 e. The second-order valence-corrected chi connectivity index (χ2v) is 5.54. The lowest BCUT2D eigenvalue weighted by molar-refractivity contribution is 0.0784. The number of carbonyl (C=O) groups is 1. The Labute approximate surface area is 108 Å². The van der Waals surface area contributed by atoms with Gasteiger partial charge in [-0.3, -0.25) is 4.79 Å². The summed E-state index contributed by atoms with van der Waals surface area (Å²) in [6, 6.07) is 7.91. The van der Waals surface area contributed by atoms with Gasteiger partial charge in [-0.2, -0.15) is 0 Å². The molecule has 2 heteroatoms. The van der Waals surface area contributed by atoms with Gasteiger partial charge in [-0.25, -0.2) is 0 Å². The minimum atomic E-state index is 0.202. The molecule has 94 valence electrons. The van der Waals surface area contributed by atoms with Crippen LogP contribution in [0.2, 0.25) is 0 Å². The normalized spacial score (nSPS) is 26.2. The van der Waals surface area contributed by atoms with Gasteiger partial charge in [0.15, 0.2) is 0 Å². The number of rotatable bonds is 1. The van der Waals surface area contributed by atoms with E-state index in [1.54, 1.807) is 0 Å². The van der Waals surface area contributed by atoms with Crippen LogP contribution in [0.1, 0.15) is 28.8 Å². The summed E-state index contributed by atoms with van der Waals surface area (Å²) in [6.45, 7) is 3.90. The van der Waals surface area contributed by atoms with Crippen molar-refractivity contribution in [1.82, 2.24) is 4.90 Å². The lowest BCUT2D eigenvalue weighted by Crippen LogP contribution is -2.29. The molecule has 1 aromatic carbocycles. The Morgan fingerprint density at radius 1 is 1.17 bits per heavy atom. The molecular formula is C16H19NO. The molecule has 3 rings (SSSR count). The van der Waals surface area contributed by atoms with Crippen molar-refractivity contribution in [3.05, 3.63) is 47.5 Å². The molecule has 2 nitrogen and oxygen atoms in total. The van der Waals surface area contributed by atoms with Gasteiger partial charge in [0.05, 0.1) is 0 Å². The molecule has 1 aromatic rings. The van der Waals surface area contributed by atoms with Crippen molar-refractivity contribution < 1.29 is 4.79 Å². The third-order valence-corrected chi connectivity index (χ3v) is 4.17. The van der Waals surface area contributed by atoms with E-state index in [9.17, 15) is 4.79 Å². The third kappa shape index (κ3) is 2.07. The van der Waals surface area contributed by atoms with Crippen LogP contribution in [0, 0.1) is 18.8 Å². The van der Waals surface area contributed by atoms with E-state index in [2.05, 4.69) is 12.2 Å². The summed E-state index contributed by atoms with van der Waals surface area (Å²) < 4.78 is 0. The van der Waals surface area contributed by atoms with E-state index in [0.717, 1.165) is 37.1 Å². The highest BCUT2D eigenvalue weighted by molar-refractivity contribution is 5.94. The van der Waals surface area contributed by atoms with E-state index in [1.807, 2.05) is 36.1 Å². The van der Waals surface area contributed by atoms with Crippen molar-refractivity contribution in [2.24, 2.45) is 11.8 Å². The van der Waals surface area contributed by atoms with Gasteiger partial charge in [-0.1, -0.05) is 29.8 Å². The van der Waals surface area contributed by atoms with Crippen molar-refractivity contribution in [3.8, 4) is 0 Å². The van der Waals surface area contributed by atoms with Crippen LogP contribution in [0.15, 0.2) is 36.4 Å². The summed E-state index contributed by atoms with van der Waals surface area (Å²) in [5.41, 5.74) is 1.99. The lowest BCUT2D eigenvalue weighted by Gasteiger charge is -2.17. The summed E-state index contributed by atoms with van der Waals surface area (Å²) in [7, 11) is 0. The van der Waals surface area contributed by atoms with Crippen molar-refractivity contribution in [1.29, 1.82) is 0 Å². The first-order valence-electron chi connectivity index (χ1n) is 6.75. The lowest BCUT2D eigenvalue weighted by atomic mass is 9.86. The zero-order valence-electron chi connectivity index (χ0n) is 10.8. The van der Waals surface area contributed by atoms with Gasteiger partial charge in [0.2, 0.25) is 0 Å². The van der Waals surface area contributed by atoms with Gasteiger partial charge in [0.25, 0.3) is 5.91 Å². The zero-order chi connectivity index (χ0) is 12.5. The monoisotopic (exact) mass is 241 g/mol. The quantitative estimate of drug-likeness (QED) is 0.692. The molecule has 18 heavy (non-hydrogen) atoms. The van der Waals surface area contributed by atoms with Crippen LogP contribution >= 0.6 is 0 Å². The van der Waals surface area contributed by atoms with Crippen LogP contribution < -0.4 is 0 Å². The van der Waals surface area contributed by atoms with E-state index in [4.69, 9.17) is 0 Å². The number of likely N-dealkylation sites (tertiary alicyclic amines) is 1. The fourth-order valence-electron chi connectivity index (χ4n) is 3.14. The Bertz CT molecular complexity index is 476. The Morgan fingerprint density at radius 3 is 2.44 bits per heavy atom. The molecule has 1 amide bonds. The molecule has 0 aromatic heterocycles. The van der Waals surface area contributed by atoms with Crippen molar-refractivity contribution >= 4 is 5.91 Å². The Hall–Kier alpha value is -1.57. The Kier molecular flexibility index (Phi) is 2.94. The van der Waals surface area contributed by atoms with Crippen LogP contribution in [0.4, 0.5) is 0 Å². The van der Waals surface area contributed by atoms with Crippen molar-refractivity contribution in [3.63, 3.8) is 0 Å². The molecule has 0 N–H and O–H groups in total. The topological polar surface area (TPSA) is 20.3 Å². The summed E-state index contributed by atoms with van der Waals surface area (Å²) in [6.07, 6.45) is 6.81.